The Kier molecular flexibility index (Phi) is 8.75. The van der Waals surface area contributed by atoms with Crippen molar-refractivity contribution < 1.29 is 38.4 Å². The van der Waals surface area contributed by atoms with Crippen molar-refractivity contribution in [3.63, 3.8) is 0 Å². The van der Waals surface area contributed by atoms with Crippen LogP contribution in [-0.4, -0.2) is 54.4 Å². The lowest BCUT2D eigenvalue weighted by Crippen LogP contribution is -2.45. The third kappa shape index (κ3) is 6.61. The number of aliphatic hydroxyl groups excluding tert-OH is 1. The number of hydrogen-bond acceptors (Lipinski definition) is 8. The Morgan fingerprint density at radius 3 is 1.88 bits per heavy atom. The molecular formula is C24H28O8. The minimum atomic E-state index is -1.09. The van der Waals surface area contributed by atoms with Crippen LogP contribution in [-0.2, 0) is 46.5 Å². The van der Waals surface area contributed by atoms with E-state index in [-0.39, 0.29) is 13.2 Å². The van der Waals surface area contributed by atoms with Crippen molar-refractivity contribution in [1.82, 2.24) is 0 Å². The molecule has 3 rings (SSSR count). The van der Waals surface area contributed by atoms with Crippen LogP contribution >= 0.6 is 0 Å². The summed E-state index contributed by atoms with van der Waals surface area (Å²) in [6.45, 7) is 2.46. The minimum absolute atomic E-state index is 0.224. The van der Waals surface area contributed by atoms with Gasteiger partial charge in [-0.3, -0.25) is 9.59 Å². The third-order valence-corrected chi connectivity index (χ3v) is 4.92. The first-order valence-corrected chi connectivity index (χ1v) is 10.4. The summed E-state index contributed by atoms with van der Waals surface area (Å²) in [5.74, 6) is -1.13. The fourth-order valence-corrected chi connectivity index (χ4v) is 3.53. The summed E-state index contributed by atoms with van der Waals surface area (Å²) in [6.07, 6.45) is -4.60. The van der Waals surface area contributed by atoms with Crippen molar-refractivity contribution in [3.8, 4) is 0 Å². The second-order valence-electron chi connectivity index (χ2n) is 7.43. The van der Waals surface area contributed by atoms with E-state index in [0.717, 1.165) is 11.1 Å². The molecule has 1 saturated heterocycles. The molecule has 0 radical (unpaired) electrons. The van der Waals surface area contributed by atoms with E-state index in [0.29, 0.717) is 0 Å². The molecule has 1 aliphatic rings. The number of rotatable bonds is 10. The molecule has 0 amide bonds. The second kappa shape index (κ2) is 11.7. The monoisotopic (exact) mass is 444 g/mol. The molecule has 1 fully saturated rings. The second-order valence-corrected chi connectivity index (χ2v) is 7.43. The Bertz CT molecular complexity index is 857. The molecular weight excluding hydrogens is 416 g/mol. The van der Waals surface area contributed by atoms with E-state index in [1.54, 1.807) is 0 Å². The molecule has 1 heterocycles. The van der Waals surface area contributed by atoms with Gasteiger partial charge in [-0.2, -0.15) is 0 Å². The lowest BCUT2D eigenvalue weighted by atomic mass is 10.1. The van der Waals surface area contributed by atoms with Gasteiger partial charge in [0.25, 0.3) is 0 Å². The largest absolute Gasteiger partial charge is 0.457 e. The average molecular weight is 444 g/mol. The zero-order chi connectivity index (χ0) is 22.9. The van der Waals surface area contributed by atoms with Crippen molar-refractivity contribution in [2.75, 3.05) is 6.61 Å². The maximum Gasteiger partial charge on any atom is 0.305 e. The molecule has 1 aliphatic heterocycles. The molecule has 0 unspecified atom stereocenters. The van der Waals surface area contributed by atoms with E-state index in [2.05, 4.69) is 0 Å². The van der Waals surface area contributed by atoms with Gasteiger partial charge in [0.05, 0.1) is 19.8 Å². The fourth-order valence-electron chi connectivity index (χ4n) is 3.53. The average Bonchev–Trinajstić information content (AvgIpc) is 3.12. The van der Waals surface area contributed by atoms with Crippen LogP contribution in [0.3, 0.4) is 0 Å². The van der Waals surface area contributed by atoms with Crippen LogP contribution in [0, 0.1) is 0 Å². The summed E-state index contributed by atoms with van der Waals surface area (Å²) < 4.78 is 28.7. The van der Waals surface area contributed by atoms with Gasteiger partial charge in [0, 0.05) is 13.8 Å². The molecule has 0 aliphatic carbocycles. The van der Waals surface area contributed by atoms with Gasteiger partial charge in [0.2, 0.25) is 6.29 Å². The van der Waals surface area contributed by atoms with E-state index in [1.807, 2.05) is 60.7 Å². The van der Waals surface area contributed by atoms with Crippen LogP contribution < -0.4 is 0 Å². The van der Waals surface area contributed by atoms with Crippen LogP contribution in [0.4, 0.5) is 0 Å². The van der Waals surface area contributed by atoms with Crippen LogP contribution in [0.5, 0.6) is 0 Å². The van der Waals surface area contributed by atoms with Gasteiger partial charge < -0.3 is 28.8 Å². The van der Waals surface area contributed by atoms with Crippen molar-refractivity contribution in [2.45, 2.75) is 57.8 Å². The molecule has 2 aromatic carbocycles. The molecule has 32 heavy (non-hydrogen) atoms. The van der Waals surface area contributed by atoms with Gasteiger partial charge in [-0.05, 0) is 11.1 Å². The number of esters is 2. The van der Waals surface area contributed by atoms with Gasteiger partial charge in [-0.25, -0.2) is 0 Å². The minimum Gasteiger partial charge on any atom is -0.457 e. The van der Waals surface area contributed by atoms with Crippen LogP contribution in [0.15, 0.2) is 60.7 Å². The normalized spacial score (nSPS) is 23.5. The molecule has 1 N–H and O–H groups in total. The Hall–Kier alpha value is -2.78. The molecule has 8 heteroatoms. The smallest absolute Gasteiger partial charge is 0.305 e. The van der Waals surface area contributed by atoms with E-state index < -0.39 is 49.3 Å². The van der Waals surface area contributed by atoms with Crippen molar-refractivity contribution >= 4 is 11.9 Å². The Morgan fingerprint density at radius 1 is 0.875 bits per heavy atom. The Labute approximate surface area is 187 Å². The van der Waals surface area contributed by atoms with Gasteiger partial charge in [0.1, 0.15) is 18.3 Å². The fraction of sp³-hybridized carbons (Fsp3) is 0.417. The SMILES string of the molecule is CC(=O)O[C@H]1O[C@H]([C@H](CO)OC(C)=O)[C@H](OCc2ccccc2)[C@@H]1OCc1ccccc1. The Balaban J connectivity index is 1.84. The maximum absolute atomic E-state index is 11.7. The van der Waals surface area contributed by atoms with Crippen LogP contribution in [0.2, 0.25) is 0 Å². The summed E-state index contributed by atoms with van der Waals surface area (Å²) >= 11 is 0. The van der Waals surface area contributed by atoms with Gasteiger partial charge in [-0.1, -0.05) is 60.7 Å². The van der Waals surface area contributed by atoms with Crippen molar-refractivity contribution in [3.05, 3.63) is 71.8 Å². The van der Waals surface area contributed by atoms with E-state index in [4.69, 9.17) is 23.7 Å². The molecule has 5 atom stereocenters. The van der Waals surface area contributed by atoms with Gasteiger partial charge >= 0.3 is 11.9 Å². The lowest BCUT2D eigenvalue weighted by Gasteiger charge is -2.27. The molecule has 0 aromatic heterocycles. The van der Waals surface area contributed by atoms with Crippen molar-refractivity contribution in [2.24, 2.45) is 0 Å². The number of hydrogen-bond donors (Lipinski definition) is 1. The molecule has 0 spiro atoms. The molecule has 0 saturated carbocycles. The van der Waals surface area contributed by atoms with Gasteiger partial charge in [0.15, 0.2) is 6.10 Å². The molecule has 8 nitrogen and oxygen atoms in total. The number of ether oxygens (including phenoxy) is 5. The zero-order valence-corrected chi connectivity index (χ0v) is 18.1. The standard InChI is InChI=1S/C24H28O8/c1-16(26)30-20(13-25)21-22(28-14-18-9-5-3-6-10-18)23(24(32-21)31-17(2)27)29-15-19-11-7-4-8-12-19/h3-12,20-25H,13-15H2,1-2H3/t20-,21+,22-,23-,24-/m0/s1. The zero-order valence-electron chi connectivity index (χ0n) is 18.1. The Morgan fingerprint density at radius 2 is 1.41 bits per heavy atom. The predicted molar refractivity (Wildman–Crippen MR) is 113 cm³/mol. The van der Waals surface area contributed by atoms with E-state index in [1.165, 1.54) is 13.8 Å². The number of carbonyl (C=O) groups is 2. The topological polar surface area (TPSA) is 101 Å². The number of aliphatic hydroxyl groups is 1. The summed E-state index contributed by atoms with van der Waals surface area (Å²) in [4.78, 5) is 23.3. The molecule has 172 valence electrons. The maximum atomic E-state index is 11.7. The van der Waals surface area contributed by atoms with Crippen LogP contribution in [0.25, 0.3) is 0 Å². The summed E-state index contributed by atoms with van der Waals surface area (Å²) in [5.41, 5.74) is 1.83. The first-order valence-electron chi connectivity index (χ1n) is 10.4. The summed E-state index contributed by atoms with van der Waals surface area (Å²) in [6, 6.07) is 19.0. The molecule has 2 aromatic rings. The highest BCUT2D eigenvalue weighted by atomic mass is 16.7. The first-order chi connectivity index (χ1) is 15.5. The summed E-state index contributed by atoms with van der Waals surface area (Å²) in [7, 11) is 0. The third-order valence-electron chi connectivity index (χ3n) is 4.92. The van der Waals surface area contributed by atoms with Crippen LogP contribution in [0.1, 0.15) is 25.0 Å². The molecule has 0 bridgehead atoms. The highest BCUT2D eigenvalue weighted by Gasteiger charge is 2.52. The first kappa shape index (κ1) is 23.9. The van der Waals surface area contributed by atoms with Crippen molar-refractivity contribution in [1.29, 1.82) is 0 Å². The highest BCUT2D eigenvalue weighted by Crippen LogP contribution is 2.32. The highest BCUT2D eigenvalue weighted by molar-refractivity contribution is 5.66. The van der Waals surface area contributed by atoms with Gasteiger partial charge in [-0.15, -0.1) is 0 Å². The number of carbonyl (C=O) groups excluding carboxylic acids is 2. The predicted octanol–water partition coefficient (Wildman–Crippen LogP) is 2.37. The quantitative estimate of drug-likeness (QED) is 0.558. The van der Waals surface area contributed by atoms with E-state index in [9.17, 15) is 14.7 Å². The number of benzene rings is 2. The van der Waals surface area contributed by atoms with E-state index >= 15 is 0 Å². The lowest BCUT2D eigenvalue weighted by molar-refractivity contribution is -0.202. The summed E-state index contributed by atoms with van der Waals surface area (Å²) in [5, 5.41) is 9.84.